The Bertz CT molecular complexity index is 827. The van der Waals surface area contributed by atoms with Gasteiger partial charge in [-0.15, -0.1) is 11.8 Å². The van der Waals surface area contributed by atoms with Gasteiger partial charge in [0.15, 0.2) is 0 Å². The first kappa shape index (κ1) is 16.9. The number of thioether (sulfide) groups is 1. The lowest BCUT2D eigenvalue weighted by molar-refractivity contribution is -0.120. The van der Waals surface area contributed by atoms with Crippen molar-refractivity contribution in [3.63, 3.8) is 0 Å². The molecule has 0 radical (unpaired) electrons. The van der Waals surface area contributed by atoms with Crippen LogP contribution in [0.1, 0.15) is 12.0 Å². The molecule has 0 aliphatic heterocycles. The lowest BCUT2D eigenvalue weighted by atomic mass is 10.0. The third kappa shape index (κ3) is 4.53. The highest BCUT2D eigenvalue weighted by molar-refractivity contribution is 7.99. The molecule has 24 heavy (non-hydrogen) atoms. The molecular weight excluding hydrogens is 338 g/mol. The summed E-state index contributed by atoms with van der Waals surface area (Å²) >= 11 is 7.53. The van der Waals surface area contributed by atoms with E-state index in [-0.39, 0.29) is 5.91 Å². The Labute approximate surface area is 151 Å². The average Bonchev–Trinajstić information content (AvgIpc) is 2.61. The number of hydrogen-bond acceptors (Lipinski definition) is 2. The van der Waals surface area contributed by atoms with Crippen LogP contribution in [0.15, 0.2) is 71.6 Å². The number of halogens is 1. The van der Waals surface area contributed by atoms with Crippen molar-refractivity contribution in [3.05, 3.63) is 77.3 Å². The lowest BCUT2D eigenvalue weighted by Crippen LogP contribution is -2.23. The zero-order valence-corrected chi connectivity index (χ0v) is 14.7. The molecule has 3 aromatic carbocycles. The monoisotopic (exact) mass is 355 g/mol. The molecule has 3 rings (SSSR count). The van der Waals surface area contributed by atoms with Crippen LogP contribution in [0.3, 0.4) is 0 Å². The molecule has 0 saturated heterocycles. The van der Waals surface area contributed by atoms with E-state index in [4.69, 9.17) is 11.6 Å². The fourth-order valence-corrected chi connectivity index (χ4v) is 3.50. The van der Waals surface area contributed by atoms with E-state index in [1.165, 1.54) is 10.8 Å². The van der Waals surface area contributed by atoms with Crippen LogP contribution in [-0.2, 0) is 11.3 Å². The van der Waals surface area contributed by atoms with Crippen LogP contribution in [0.4, 0.5) is 0 Å². The molecule has 0 atom stereocenters. The first-order chi connectivity index (χ1) is 11.7. The molecule has 0 aliphatic carbocycles. The summed E-state index contributed by atoms with van der Waals surface area (Å²) in [5.41, 5.74) is 1.15. The van der Waals surface area contributed by atoms with Gasteiger partial charge in [-0.25, -0.2) is 0 Å². The third-order valence-electron chi connectivity index (χ3n) is 3.77. The van der Waals surface area contributed by atoms with E-state index in [0.29, 0.717) is 13.0 Å². The van der Waals surface area contributed by atoms with Gasteiger partial charge in [0.25, 0.3) is 0 Å². The van der Waals surface area contributed by atoms with E-state index in [1.54, 1.807) is 11.8 Å². The standard InChI is InChI=1S/C20H18ClNOS/c21-17-8-10-18(11-9-17)24-13-12-20(23)22-14-16-6-3-5-15-4-1-2-7-19(15)16/h1-11H,12-14H2,(H,22,23). The van der Waals surface area contributed by atoms with Crippen LogP contribution in [0, 0.1) is 0 Å². The fraction of sp³-hybridized carbons (Fsp3) is 0.150. The minimum absolute atomic E-state index is 0.0735. The predicted molar refractivity (Wildman–Crippen MR) is 103 cm³/mol. The zero-order valence-electron chi connectivity index (χ0n) is 13.2. The number of fused-ring (bicyclic) bond motifs is 1. The number of benzene rings is 3. The van der Waals surface area contributed by atoms with Gasteiger partial charge in [0.2, 0.25) is 5.91 Å². The van der Waals surface area contributed by atoms with E-state index in [0.717, 1.165) is 21.2 Å². The van der Waals surface area contributed by atoms with Crippen molar-refractivity contribution in [1.29, 1.82) is 0 Å². The normalized spacial score (nSPS) is 10.7. The zero-order chi connectivity index (χ0) is 16.8. The van der Waals surface area contributed by atoms with E-state index >= 15 is 0 Å². The second kappa shape index (κ2) is 8.22. The maximum Gasteiger partial charge on any atom is 0.221 e. The van der Waals surface area contributed by atoms with Gasteiger partial charge in [0, 0.05) is 28.6 Å². The van der Waals surface area contributed by atoms with Gasteiger partial charge in [-0.1, -0.05) is 54.1 Å². The molecular formula is C20H18ClNOS. The molecule has 0 spiro atoms. The molecule has 0 aromatic heterocycles. The summed E-state index contributed by atoms with van der Waals surface area (Å²) in [5, 5.41) is 6.13. The maximum absolute atomic E-state index is 12.1. The predicted octanol–water partition coefficient (Wildman–Crippen LogP) is 5.29. The topological polar surface area (TPSA) is 29.1 Å². The highest BCUT2D eigenvalue weighted by Gasteiger charge is 2.04. The molecule has 4 heteroatoms. The lowest BCUT2D eigenvalue weighted by Gasteiger charge is -2.08. The Kier molecular flexibility index (Phi) is 5.78. The first-order valence-corrected chi connectivity index (χ1v) is 9.20. The van der Waals surface area contributed by atoms with E-state index in [9.17, 15) is 4.79 Å². The second-order valence-corrected chi connectivity index (χ2v) is 7.07. The second-order valence-electron chi connectivity index (χ2n) is 5.47. The van der Waals surface area contributed by atoms with Gasteiger partial charge in [-0.3, -0.25) is 4.79 Å². The largest absolute Gasteiger partial charge is 0.352 e. The molecule has 2 nitrogen and oxygen atoms in total. The molecule has 0 saturated carbocycles. The van der Waals surface area contributed by atoms with E-state index in [2.05, 4.69) is 29.6 Å². The highest BCUT2D eigenvalue weighted by atomic mass is 35.5. The van der Waals surface area contributed by atoms with Crippen molar-refractivity contribution in [3.8, 4) is 0 Å². The van der Waals surface area contributed by atoms with Crippen LogP contribution in [0.5, 0.6) is 0 Å². The van der Waals surface area contributed by atoms with E-state index in [1.807, 2.05) is 42.5 Å². The molecule has 0 fully saturated rings. The Balaban J connectivity index is 1.49. The van der Waals surface area contributed by atoms with Gasteiger partial charge >= 0.3 is 0 Å². The Morgan fingerprint density at radius 3 is 2.54 bits per heavy atom. The summed E-state index contributed by atoms with van der Waals surface area (Å²) in [6.07, 6.45) is 0.498. The molecule has 0 aliphatic rings. The van der Waals surface area contributed by atoms with Crippen molar-refractivity contribution < 1.29 is 4.79 Å². The number of nitrogens with one attached hydrogen (secondary N) is 1. The number of carbonyl (C=O) groups is 1. The average molecular weight is 356 g/mol. The van der Waals surface area contributed by atoms with Crippen molar-refractivity contribution >= 4 is 40.0 Å². The van der Waals surface area contributed by atoms with Crippen molar-refractivity contribution in [1.82, 2.24) is 5.32 Å². The number of hydrogen-bond donors (Lipinski definition) is 1. The Morgan fingerprint density at radius 1 is 0.958 bits per heavy atom. The van der Waals surface area contributed by atoms with E-state index < -0.39 is 0 Å². The molecule has 1 N–H and O–H groups in total. The molecule has 1 amide bonds. The molecule has 0 bridgehead atoms. The minimum atomic E-state index is 0.0735. The highest BCUT2D eigenvalue weighted by Crippen LogP contribution is 2.21. The number of rotatable bonds is 6. The van der Waals surface area contributed by atoms with Crippen molar-refractivity contribution in [2.45, 2.75) is 17.9 Å². The Morgan fingerprint density at radius 2 is 1.71 bits per heavy atom. The van der Waals surface area contributed by atoms with Gasteiger partial charge in [-0.2, -0.15) is 0 Å². The molecule has 0 unspecified atom stereocenters. The number of carbonyl (C=O) groups excluding carboxylic acids is 1. The Hall–Kier alpha value is -1.97. The molecule has 3 aromatic rings. The quantitative estimate of drug-likeness (QED) is 0.608. The van der Waals surface area contributed by atoms with Crippen LogP contribution >= 0.6 is 23.4 Å². The van der Waals surface area contributed by atoms with Crippen LogP contribution in [0.2, 0.25) is 5.02 Å². The third-order valence-corrected chi connectivity index (χ3v) is 5.03. The van der Waals surface area contributed by atoms with Gasteiger partial charge < -0.3 is 5.32 Å². The summed E-state index contributed by atoms with van der Waals surface area (Å²) in [6, 6.07) is 22.1. The maximum atomic E-state index is 12.1. The van der Waals surface area contributed by atoms with Gasteiger partial charge in [-0.05, 0) is 40.6 Å². The summed E-state index contributed by atoms with van der Waals surface area (Å²) in [6.45, 7) is 0.561. The van der Waals surface area contributed by atoms with Gasteiger partial charge in [0.05, 0.1) is 0 Å². The molecule has 0 heterocycles. The molecule has 122 valence electrons. The summed E-state index contributed by atoms with van der Waals surface area (Å²) in [4.78, 5) is 13.2. The first-order valence-electron chi connectivity index (χ1n) is 7.84. The van der Waals surface area contributed by atoms with Crippen molar-refractivity contribution in [2.24, 2.45) is 0 Å². The summed E-state index contributed by atoms with van der Waals surface area (Å²) < 4.78 is 0. The van der Waals surface area contributed by atoms with Gasteiger partial charge in [0.1, 0.15) is 0 Å². The SMILES string of the molecule is O=C(CCSc1ccc(Cl)cc1)NCc1cccc2ccccc12. The van der Waals surface area contributed by atoms with Crippen LogP contribution in [-0.4, -0.2) is 11.7 Å². The minimum Gasteiger partial charge on any atom is -0.352 e. The number of amides is 1. The fourth-order valence-electron chi connectivity index (χ4n) is 2.52. The summed E-state index contributed by atoms with van der Waals surface area (Å²) in [7, 11) is 0. The van der Waals surface area contributed by atoms with Crippen LogP contribution < -0.4 is 5.32 Å². The van der Waals surface area contributed by atoms with Crippen LogP contribution in [0.25, 0.3) is 10.8 Å². The van der Waals surface area contributed by atoms with Crippen molar-refractivity contribution in [2.75, 3.05) is 5.75 Å². The summed E-state index contributed by atoms with van der Waals surface area (Å²) in [5.74, 6) is 0.826. The smallest absolute Gasteiger partial charge is 0.221 e.